The molecule has 26 heavy (non-hydrogen) atoms. The second-order valence-corrected chi connectivity index (χ2v) is 8.78. The van der Waals surface area contributed by atoms with Crippen LogP contribution in [0, 0.1) is 11.3 Å². The van der Waals surface area contributed by atoms with Crippen LogP contribution in [-0.2, 0) is 4.79 Å². The number of anilines is 1. The van der Waals surface area contributed by atoms with Crippen LogP contribution < -0.4 is 9.64 Å². The van der Waals surface area contributed by atoms with E-state index in [0.29, 0.717) is 22.8 Å². The first-order chi connectivity index (χ1) is 12.3. The number of carboxylic acid groups (broad SMARTS) is 1. The number of halogens is 1. The van der Waals surface area contributed by atoms with Crippen LogP contribution in [0.3, 0.4) is 0 Å². The van der Waals surface area contributed by atoms with Gasteiger partial charge in [0.15, 0.2) is 0 Å². The monoisotopic (exact) mass is 379 g/mol. The van der Waals surface area contributed by atoms with E-state index in [-0.39, 0.29) is 6.10 Å². The third-order valence-electron chi connectivity index (χ3n) is 6.05. The molecule has 0 unspecified atom stereocenters. The highest BCUT2D eigenvalue weighted by Gasteiger charge is 2.38. The molecule has 1 aliphatic carbocycles. The molecule has 0 bridgehead atoms. The fourth-order valence-corrected chi connectivity index (χ4v) is 4.77. The predicted octanol–water partition coefficient (Wildman–Crippen LogP) is 5.38. The van der Waals surface area contributed by atoms with Gasteiger partial charge in [0.1, 0.15) is 5.75 Å². The molecule has 2 aliphatic rings. The van der Waals surface area contributed by atoms with Gasteiger partial charge in [0.25, 0.3) is 0 Å². The molecule has 0 radical (unpaired) electrons. The maximum absolute atomic E-state index is 10.9. The minimum atomic E-state index is -0.652. The lowest BCUT2D eigenvalue weighted by atomic mass is 9.65. The Morgan fingerprint density at radius 3 is 2.46 bits per heavy atom. The Labute approximate surface area is 161 Å². The molecule has 5 heteroatoms. The van der Waals surface area contributed by atoms with Crippen LogP contribution in [0.5, 0.6) is 5.75 Å². The highest BCUT2D eigenvalue weighted by atomic mass is 35.5. The first kappa shape index (κ1) is 19.3. The molecule has 0 atom stereocenters. The second-order valence-electron chi connectivity index (χ2n) is 8.34. The summed E-state index contributed by atoms with van der Waals surface area (Å²) in [5.41, 5.74) is 1.56. The Morgan fingerprint density at radius 1 is 1.23 bits per heavy atom. The minimum Gasteiger partial charge on any atom is -0.491 e. The first-order valence-corrected chi connectivity index (χ1v) is 10.2. The molecule has 1 N–H and O–H groups in total. The highest BCUT2D eigenvalue weighted by molar-refractivity contribution is 6.31. The zero-order chi connectivity index (χ0) is 18.7. The van der Waals surface area contributed by atoms with E-state index in [1.807, 2.05) is 26.0 Å². The van der Waals surface area contributed by atoms with Gasteiger partial charge in [-0.25, -0.2) is 0 Å². The van der Waals surface area contributed by atoms with Crippen molar-refractivity contribution >= 4 is 23.3 Å². The molecule has 4 nitrogen and oxygen atoms in total. The van der Waals surface area contributed by atoms with E-state index >= 15 is 0 Å². The van der Waals surface area contributed by atoms with Crippen LogP contribution in [-0.4, -0.2) is 30.3 Å². The van der Waals surface area contributed by atoms with E-state index in [4.69, 9.17) is 21.4 Å². The van der Waals surface area contributed by atoms with Crippen molar-refractivity contribution in [3.05, 3.63) is 23.2 Å². The fourth-order valence-electron chi connectivity index (χ4n) is 4.55. The molecular formula is C21H30ClNO3. The summed E-state index contributed by atoms with van der Waals surface area (Å²) in [4.78, 5) is 13.3. The van der Waals surface area contributed by atoms with Crippen LogP contribution >= 0.6 is 11.6 Å². The molecule has 144 valence electrons. The normalized spacial score (nSPS) is 20.5. The summed E-state index contributed by atoms with van der Waals surface area (Å²) in [6.45, 7) is 6.11. The van der Waals surface area contributed by atoms with Crippen LogP contribution in [0.4, 0.5) is 5.69 Å². The van der Waals surface area contributed by atoms with E-state index in [1.54, 1.807) is 0 Å². The van der Waals surface area contributed by atoms with Crippen molar-refractivity contribution in [1.29, 1.82) is 0 Å². The van der Waals surface area contributed by atoms with Crippen molar-refractivity contribution in [2.75, 3.05) is 18.0 Å². The number of rotatable bonds is 5. The standard InChI is InChI=1S/C21H30ClNO3/c1-15(2)26-19-13-17(22)12-18(14-19)23-9-7-21(8-10-23)5-3-16(4-6-21)11-20(24)25/h12-16H,3-11H2,1-2H3,(H,24,25). The van der Waals surface area contributed by atoms with Crippen molar-refractivity contribution in [3.8, 4) is 5.75 Å². The van der Waals surface area contributed by atoms with Gasteiger partial charge in [-0.15, -0.1) is 0 Å². The maximum atomic E-state index is 10.9. The van der Waals surface area contributed by atoms with Gasteiger partial charge in [0.2, 0.25) is 0 Å². The number of carboxylic acids is 1. The molecule has 1 aliphatic heterocycles. The third kappa shape index (κ3) is 4.85. The van der Waals surface area contributed by atoms with Gasteiger partial charge in [-0.2, -0.15) is 0 Å². The zero-order valence-electron chi connectivity index (χ0n) is 15.8. The number of aliphatic carboxylic acids is 1. The summed E-state index contributed by atoms with van der Waals surface area (Å²) in [5.74, 6) is 0.554. The smallest absolute Gasteiger partial charge is 0.303 e. The largest absolute Gasteiger partial charge is 0.491 e. The molecule has 1 spiro atoms. The summed E-state index contributed by atoms with van der Waals surface area (Å²) in [6, 6.07) is 5.99. The zero-order valence-corrected chi connectivity index (χ0v) is 16.6. The molecular weight excluding hydrogens is 350 g/mol. The van der Waals surface area contributed by atoms with Gasteiger partial charge < -0.3 is 14.7 Å². The highest BCUT2D eigenvalue weighted by Crippen LogP contribution is 2.47. The summed E-state index contributed by atoms with van der Waals surface area (Å²) < 4.78 is 5.82. The summed E-state index contributed by atoms with van der Waals surface area (Å²) in [5, 5.41) is 9.72. The van der Waals surface area contributed by atoms with Crippen molar-refractivity contribution in [1.82, 2.24) is 0 Å². The topological polar surface area (TPSA) is 49.8 Å². The van der Waals surface area contributed by atoms with E-state index in [0.717, 1.165) is 37.4 Å². The third-order valence-corrected chi connectivity index (χ3v) is 6.26. The SMILES string of the molecule is CC(C)Oc1cc(Cl)cc(N2CCC3(CCC(CC(=O)O)CC3)CC2)c1. The van der Waals surface area contributed by atoms with Gasteiger partial charge in [0, 0.05) is 36.3 Å². The Balaban J connectivity index is 1.59. The predicted molar refractivity (Wildman–Crippen MR) is 105 cm³/mol. The molecule has 0 aromatic heterocycles. The molecule has 1 heterocycles. The van der Waals surface area contributed by atoms with Crippen LogP contribution in [0.25, 0.3) is 0 Å². The quantitative estimate of drug-likeness (QED) is 0.746. The first-order valence-electron chi connectivity index (χ1n) is 9.79. The van der Waals surface area contributed by atoms with E-state index in [1.165, 1.54) is 25.7 Å². The van der Waals surface area contributed by atoms with Crippen LogP contribution in [0.2, 0.25) is 5.02 Å². The number of hydrogen-bond donors (Lipinski definition) is 1. The number of benzene rings is 1. The minimum absolute atomic E-state index is 0.131. The van der Waals surface area contributed by atoms with Gasteiger partial charge in [-0.3, -0.25) is 4.79 Å². The molecule has 0 amide bonds. The Bertz CT molecular complexity index is 628. The molecule has 3 rings (SSSR count). The molecule has 1 saturated carbocycles. The summed E-state index contributed by atoms with van der Waals surface area (Å²) >= 11 is 6.30. The van der Waals surface area contributed by atoms with Gasteiger partial charge in [-0.1, -0.05) is 11.6 Å². The average Bonchev–Trinajstić information content (AvgIpc) is 2.56. The number of carbonyl (C=O) groups is 1. The summed E-state index contributed by atoms with van der Waals surface area (Å²) in [7, 11) is 0. The van der Waals surface area contributed by atoms with E-state index in [2.05, 4.69) is 11.0 Å². The van der Waals surface area contributed by atoms with Crippen molar-refractivity contribution in [2.24, 2.45) is 11.3 Å². The fraction of sp³-hybridized carbons (Fsp3) is 0.667. The van der Waals surface area contributed by atoms with Crippen molar-refractivity contribution in [2.45, 2.75) is 64.9 Å². The molecule has 1 aromatic carbocycles. The van der Waals surface area contributed by atoms with Crippen molar-refractivity contribution < 1.29 is 14.6 Å². The Hall–Kier alpha value is -1.42. The Morgan fingerprint density at radius 2 is 1.88 bits per heavy atom. The molecule has 2 fully saturated rings. The molecule has 1 saturated heterocycles. The number of hydrogen-bond acceptors (Lipinski definition) is 3. The Kier molecular flexibility index (Phi) is 6.01. The average molecular weight is 380 g/mol. The maximum Gasteiger partial charge on any atom is 0.303 e. The van der Waals surface area contributed by atoms with Gasteiger partial charge in [-0.05, 0) is 75.8 Å². The summed E-state index contributed by atoms with van der Waals surface area (Å²) in [6.07, 6.45) is 7.31. The number of piperidine rings is 1. The van der Waals surface area contributed by atoms with Crippen LogP contribution in [0.1, 0.15) is 58.8 Å². The lowest BCUT2D eigenvalue weighted by molar-refractivity contribution is -0.138. The lowest BCUT2D eigenvalue weighted by Crippen LogP contribution is -2.42. The van der Waals surface area contributed by atoms with E-state index in [9.17, 15) is 4.79 Å². The van der Waals surface area contributed by atoms with Gasteiger partial charge >= 0.3 is 5.97 Å². The number of ether oxygens (including phenoxy) is 1. The lowest BCUT2D eigenvalue weighted by Gasteiger charge is -2.46. The van der Waals surface area contributed by atoms with Crippen LogP contribution in [0.15, 0.2) is 18.2 Å². The second kappa shape index (κ2) is 8.08. The van der Waals surface area contributed by atoms with E-state index < -0.39 is 5.97 Å². The van der Waals surface area contributed by atoms with Gasteiger partial charge in [0.05, 0.1) is 6.10 Å². The van der Waals surface area contributed by atoms with Crippen molar-refractivity contribution in [3.63, 3.8) is 0 Å². The molecule has 1 aromatic rings. The number of nitrogens with zero attached hydrogens (tertiary/aromatic N) is 1.